The van der Waals surface area contributed by atoms with E-state index in [9.17, 15) is 9.59 Å². The van der Waals surface area contributed by atoms with Gasteiger partial charge in [0.05, 0.1) is 22.6 Å². The van der Waals surface area contributed by atoms with Crippen molar-refractivity contribution in [3.63, 3.8) is 0 Å². The van der Waals surface area contributed by atoms with Crippen LogP contribution in [0.25, 0.3) is 11.1 Å². The zero-order valence-electron chi connectivity index (χ0n) is 11.6. The summed E-state index contributed by atoms with van der Waals surface area (Å²) in [7, 11) is 0. The van der Waals surface area contributed by atoms with Crippen molar-refractivity contribution in [3.05, 3.63) is 46.2 Å². The minimum atomic E-state index is -0.549. The Kier molecular flexibility index (Phi) is 3.09. The van der Waals surface area contributed by atoms with Crippen molar-refractivity contribution < 1.29 is 9.21 Å². The van der Waals surface area contributed by atoms with Crippen molar-refractivity contribution >= 4 is 22.7 Å². The molecule has 0 atom stereocenters. The van der Waals surface area contributed by atoms with Crippen LogP contribution in [-0.4, -0.2) is 20.7 Å². The van der Waals surface area contributed by atoms with Gasteiger partial charge in [0.1, 0.15) is 6.54 Å². The first-order valence-electron chi connectivity index (χ1n) is 6.46. The van der Waals surface area contributed by atoms with Gasteiger partial charge in [-0.05, 0) is 26.0 Å². The average Bonchev–Trinajstić information content (AvgIpc) is 2.93. The number of amides is 1. The van der Waals surface area contributed by atoms with Gasteiger partial charge in [-0.25, -0.2) is 4.79 Å². The molecule has 0 spiro atoms. The van der Waals surface area contributed by atoms with Crippen LogP contribution in [0.15, 0.2) is 33.5 Å². The number of carbonyl (C=O) groups excluding carboxylic acids is 1. The number of oxazole rings is 1. The fourth-order valence-electron chi connectivity index (χ4n) is 2.22. The predicted octanol–water partition coefficient (Wildman–Crippen LogP) is 1.57. The normalized spacial score (nSPS) is 11.0. The summed E-state index contributed by atoms with van der Waals surface area (Å²) in [5, 5.41) is 9.55. The highest BCUT2D eigenvalue weighted by Gasteiger charge is 2.14. The van der Waals surface area contributed by atoms with Gasteiger partial charge in [0.25, 0.3) is 0 Å². The predicted molar refractivity (Wildman–Crippen MR) is 77.2 cm³/mol. The Morgan fingerprint density at radius 3 is 2.86 bits per heavy atom. The number of carbonyl (C=O) groups is 1. The summed E-state index contributed by atoms with van der Waals surface area (Å²) in [6, 6.07) is 6.99. The smallest absolute Gasteiger partial charge is 0.408 e. The molecule has 0 unspecified atom stereocenters. The summed E-state index contributed by atoms with van der Waals surface area (Å²) in [6.45, 7) is 3.49. The van der Waals surface area contributed by atoms with E-state index in [0.717, 1.165) is 5.69 Å². The standard InChI is InChI=1S/C14H14N4O3/c1-8-13(9(2)17-16-8)15-12(19)7-18-10-5-3-4-6-11(10)21-14(18)20/h3-6H,7H2,1-2H3,(H,15,19)(H,16,17). The summed E-state index contributed by atoms with van der Waals surface area (Å²) in [5.74, 6) is -0.858. The lowest BCUT2D eigenvalue weighted by Gasteiger charge is -2.05. The monoisotopic (exact) mass is 286 g/mol. The van der Waals surface area contributed by atoms with Gasteiger partial charge < -0.3 is 9.73 Å². The van der Waals surface area contributed by atoms with Gasteiger partial charge in [-0.15, -0.1) is 0 Å². The van der Waals surface area contributed by atoms with E-state index in [0.29, 0.717) is 22.5 Å². The quantitative estimate of drug-likeness (QED) is 0.764. The Morgan fingerprint density at radius 1 is 1.38 bits per heavy atom. The topological polar surface area (TPSA) is 92.9 Å². The zero-order valence-corrected chi connectivity index (χ0v) is 11.6. The molecule has 0 fully saturated rings. The lowest BCUT2D eigenvalue weighted by molar-refractivity contribution is -0.116. The van der Waals surface area contributed by atoms with Gasteiger partial charge in [0.2, 0.25) is 5.91 Å². The second kappa shape index (κ2) is 4.93. The number of para-hydroxylation sites is 2. The number of aromatic nitrogens is 3. The van der Waals surface area contributed by atoms with E-state index < -0.39 is 5.76 Å². The Hall–Kier alpha value is -2.83. The molecule has 0 aliphatic rings. The number of nitrogens with zero attached hydrogens (tertiary/aromatic N) is 2. The molecule has 2 N–H and O–H groups in total. The molecule has 2 heterocycles. The van der Waals surface area contributed by atoms with Gasteiger partial charge in [0.15, 0.2) is 5.58 Å². The van der Waals surface area contributed by atoms with Gasteiger partial charge in [-0.2, -0.15) is 5.10 Å². The molecule has 2 aromatic heterocycles. The Labute approximate surface area is 119 Å². The molecule has 0 saturated heterocycles. The average molecular weight is 286 g/mol. The van der Waals surface area contributed by atoms with Crippen molar-refractivity contribution in [1.29, 1.82) is 0 Å². The molecular formula is C14H14N4O3. The molecule has 0 radical (unpaired) electrons. The van der Waals surface area contributed by atoms with Crippen LogP contribution in [0, 0.1) is 13.8 Å². The van der Waals surface area contributed by atoms with Crippen LogP contribution >= 0.6 is 0 Å². The Balaban J connectivity index is 1.87. The summed E-state index contributed by atoms with van der Waals surface area (Å²) in [5.41, 5.74) is 3.17. The van der Waals surface area contributed by atoms with Crippen molar-refractivity contribution in [2.45, 2.75) is 20.4 Å². The summed E-state index contributed by atoms with van der Waals surface area (Å²) in [4.78, 5) is 23.9. The maximum atomic E-state index is 12.1. The van der Waals surface area contributed by atoms with Gasteiger partial charge in [-0.1, -0.05) is 12.1 Å². The van der Waals surface area contributed by atoms with E-state index in [1.54, 1.807) is 31.2 Å². The number of fused-ring (bicyclic) bond motifs is 1. The van der Waals surface area contributed by atoms with E-state index in [1.165, 1.54) is 4.57 Å². The SMILES string of the molecule is Cc1n[nH]c(C)c1NC(=O)Cn1c(=O)oc2ccccc21. The van der Waals surface area contributed by atoms with Crippen LogP contribution in [0.5, 0.6) is 0 Å². The van der Waals surface area contributed by atoms with E-state index in [4.69, 9.17) is 4.42 Å². The van der Waals surface area contributed by atoms with Crippen molar-refractivity contribution in [2.24, 2.45) is 0 Å². The molecule has 1 amide bonds. The van der Waals surface area contributed by atoms with E-state index in [-0.39, 0.29) is 12.5 Å². The fraction of sp³-hybridized carbons (Fsp3) is 0.214. The van der Waals surface area contributed by atoms with Crippen LogP contribution < -0.4 is 11.1 Å². The third-order valence-corrected chi connectivity index (χ3v) is 3.27. The highest BCUT2D eigenvalue weighted by Crippen LogP contribution is 2.16. The molecule has 0 aliphatic heterocycles. The van der Waals surface area contributed by atoms with Crippen molar-refractivity contribution in [2.75, 3.05) is 5.32 Å². The minimum absolute atomic E-state index is 0.111. The second-order valence-electron chi connectivity index (χ2n) is 4.78. The lowest BCUT2D eigenvalue weighted by Crippen LogP contribution is -2.25. The largest absolute Gasteiger partial charge is 0.420 e. The summed E-state index contributed by atoms with van der Waals surface area (Å²) >= 11 is 0. The Bertz CT molecular complexity index is 852. The second-order valence-corrected chi connectivity index (χ2v) is 4.78. The number of H-pyrrole nitrogens is 1. The lowest BCUT2D eigenvalue weighted by atomic mass is 10.3. The number of nitrogens with one attached hydrogen (secondary N) is 2. The Morgan fingerprint density at radius 2 is 2.14 bits per heavy atom. The molecular weight excluding hydrogens is 272 g/mol. The number of hydrogen-bond acceptors (Lipinski definition) is 4. The highest BCUT2D eigenvalue weighted by molar-refractivity contribution is 5.92. The summed E-state index contributed by atoms with van der Waals surface area (Å²) in [6.07, 6.45) is 0. The molecule has 108 valence electrons. The number of aryl methyl sites for hydroxylation is 2. The maximum absolute atomic E-state index is 12.1. The van der Waals surface area contributed by atoms with E-state index >= 15 is 0 Å². The third-order valence-electron chi connectivity index (χ3n) is 3.27. The first-order valence-corrected chi connectivity index (χ1v) is 6.46. The van der Waals surface area contributed by atoms with Crippen LogP contribution in [0.2, 0.25) is 0 Å². The zero-order chi connectivity index (χ0) is 15.0. The van der Waals surface area contributed by atoms with E-state index in [1.807, 2.05) is 6.92 Å². The van der Waals surface area contributed by atoms with Crippen LogP contribution in [0.1, 0.15) is 11.4 Å². The molecule has 21 heavy (non-hydrogen) atoms. The van der Waals surface area contributed by atoms with Crippen LogP contribution in [0.4, 0.5) is 5.69 Å². The number of benzene rings is 1. The van der Waals surface area contributed by atoms with E-state index in [2.05, 4.69) is 15.5 Å². The molecule has 0 aliphatic carbocycles. The van der Waals surface area contributed by atoms with Gasteiger partial charge >= 0.3 is 5.76 Å². The molecule has 3 rings (SSSR count). The van der Waals surface area contributed by atoms with Crippen molar-refractivity contribution in [3.8, 4) is 0 Å². The molecule has 1 aromatic carbocycles. The number of rotatable bonds is 3. The fourth-order valence-corrected chi connectivity index (χ4v) is 2.22. The molecule has 3 aromatic rings. The number of anilines is 1. The van der Waals surface area contributed by atoms with Gasteiger partial charge in [0, 0.05) is 0 Å². The minimum Gasteiger partial charge on any atom is -0.408 e. The molecule has 0 bridgehead atoms. The van der Waals surface area contributed by atoms with Crippen LogP contribution in [0.3, 0.4) is 0 Å². The molecule has 7 nitrogen and oxygen atoms in total. The maximum Gasteiger partial charge on any atom is 0.420 e. The first-order chi connectivity index (χ1) is 10.1. The number of aromatic amines is 1. The van der Waals surface area contributed by atoms with Gasteiger partial charge in [-0.3, -0.25) is 14.5 Å². The third kappa shape index (κ3) is 2.33. The molecule has 0 saturated carbocycles. The van der Waals surface area contributed by atoms with Crippen LogP contribution in [-0.2, 0) is 11.3 Å². The molecule has 7 heteroatoms. The first kappa shape index (κ1) is 13.2. The highest BCUT2D eigenvalue weighted by atomic mass is 16.4. The number of hydrogen-bond donors (Lipinski definition) is 2. The van der Waals surface area contributed by atoms with Crippen molar-refractivity contribution in [1.82, 2.24) is 14.8 Å². The summed E-state index contributed by atoms with van der Waals surface area (Å²) < 4.78 is 6.39.